The minimum absolute atomic E-state index is 0. The van der Waals surface area contributed by atoms with Crippen LogP contribution in [0.15, 0.2) is 4.99 Å². The third-order valence-electron chi connectivity index (χ3n) is 10.6. The normalized spacial score (nSPS) is 45.8. The summed E-state index contributed by atoms with van der Waals surface area (Å²) in [5.74, 6) is 1.42. The standard InChI is InChI=1S/C26H43NO5.Na/c1-15(4-7-22(30)27-14-23(31)32)18-5-6-19-24-20(9-11-26(18,19)3)25(2)10-8-17(28)12-16(25)13-21(24)29;/h15-21,24,28-29H,4-14H2,1-3H3,(H,27,30)(H,31,32);/q;+1/p-1/t15-,16+,17-,18-,19+,20+,21-,24+,25-,26+;/m1./s1. The molecule has 33 heavy (non-hydrogen) atoms. The molecule has 0 aliphatic heterocycles. The van der Waals surface area contributed by atoms with E-state index < -0.39 is 12.5 Å². The van der Waals surface area contributed by atoms with E-state index >= 15 is 0 Å². The second kappa shape index (κ2) is 10.5. The molecule has 0 bridgehead atoms. The summed E-state index contributed by atoms with van der Waals surface area (Å²) >= 11 is 0. The van der Waals surface area contributed by atoms with Gasteiger partial charge in [-0.15, -0.1) is 0 Å². The number of aliphatic imine (C=N–C) groups is 1. The number of carboxylic acids is 1. The van der Waals surface area contributed by atoms with Crippen molar-refractivity contribution in [2.24, 2.45) is 51.3 Å². The van der Waals surface area contributed by atoms with Crippen molar-refractivity contribution in [1.29, 1.82) is 0 Å². The summed E-state index contributed by atoms with van der Waals surface area (Å²) in [7, 11) is 0. The van der Waals surface area contributed by atoms with Gasteiger partial charge in [0.05, 0.1) is 12.2 Å². The van der Waals surface area contributed by atoms with Crippen molar-refractivity contribution in [2.75, 3.05) is 6.54 Å². The van der Waals surface area contributed by atoms with Crippen LogP contribution >= 0.6 is 0 Å². The summed E-state index contributed by atoms with van der Waals surface area (Å²) in [5.41, 5.74) is 0.437. The molecule has 0 spiro atoms. The fourth-order valence-corrected chi connectivity index (χ4v) is 8.96. The zero-order chi connectivity index (χ0) is 23.3. The number of hydrogen-bond donors (Lipinski definition) is 3. The number of carboxylic acid groups (broad SMARTS) is 1. The molecule has 4 saturated carbocycles. The van der Waals surface area contributed by atoms with Gasteiger partial charge in [0.1, 0.15) is 6.54 Å². The van der Waals surface area contributed by atoms with Gasteiger partial charge < -0.3 is 20.4 Å². The van der Waals surface area contributed by atoms with E-state index in [1.165, 1.54) is 6.42 Å². The van der Waals surface area contributed by atoms with Crippen molar-refractivity contribution < 1.29 is 54.8 Å². The van der Waals surface area contributed by atoms with E-state index in [4.69, 9.17) is 5.11 Å². The van der Waals surface area contributed by atoms with Crippen LogP contribution < -0.4 is 34.7 Å². The molecule has 182 valence electrons. The van der Waals surface area contributed by atoms with Crippen molar-refractivity contribution in [1.82, 2.24) is 0 Å². The van der Waals surface area contributed by atoms with Gasteiger partial charge >= 0.3 is 35.5 Å². The molecule has 7 heteroatoms. The third kappa shape index (κ3) is 5.07. The zero-order valence-corrected chi connectivity index (χ0v) is 23.0. The van der Waals surface area contributed by atoms with Crippen molar-refractivity contribution in [3.05, 3.63) is 0 Å². The van der Waals surface area contributed by atoms with Gasteiger partial charge in [-0.1, -0.05) is 20.8 Å². The minimum Gasteiger partial charge on any atom is -0.862 e. The molecule has 0 aromatic rings. The molecule has 4 aliphatic carbocycles. The van der Waals surface area contributed by atoms with E-state index in [1.807, 2.05) is 0 Å². The van der Waals surface area contributed by atoms with Gasteiger partial charge in [0.25, 0.3) is 0 Å². The molecule has 4 fully saturated rings. The summed E-state index contributed by atoms with van der Waals surface area (Å²) < 4.78 is 0. The number of carbonyl (C=O) groups is 1. The number of hydrogen-bond acceptors (Lipinski definition) is 5. The third-order valence-corrected chi connectivity index (χ3v) is 10.6. The molecule has 0 unspecified atom stereocenters. The molecule has 0 aromatic carbocycles. The van der Waals surface area contributed by atoms with Crippen LogP contribution in [0, 0.1) is 46.3 Å². The first-order valence-corrected chi connectivity index (χ1v) is 12.8. The van der Waals surface area contributed by atoms with Gasteiger partial charge in [-0.2, -0.15) is 0 Å². The Balaban J connectivity index is 0.00000306. The van der Waals surface area contributed by atoms with Crippen molar-refractivity contribution in [2.45, 2.75) is 97.2 Å². The molecule has 0 heterocycles. The van der Waals surface area contributed by atoms with Crippen molar-refractivity contribution in [3.8, 4) is 0 Å². The van der Waals surface area contributed by atoms with Gasteiger partial charge in [-0.05, 0) is 116 Å². The smallest absolute Gasteiger partial charge is 0.862 e. The molecule has 4 rings (SSSR count). The molecular formula is C26H42NNaO5. The number of aliphatic hydroxyl groups is 2. The summed E-state index contributed by atoms with van der Waals surface area (Å²) in [6, 6.07) is 0. The number of aliphatic hydroxyl groups excluding tert-OH is 2. The second-order valence-corrected chi connectivity index (χ2v) is 12.1. The molecule has 6 nitrogen and oxygen atoms in total. The quantitative estimate of drug-likeness (QED) is 0.292. The van der Waals surface area contributed by atoms with E-state index in [1.54, 1.807) is 0 Å². The fraction of sp³-hybridized carbons (Fsp3) is 0.923. The van der Waals surface area contributed by atoms with Gasteiger partial charge in [-0.3, -0.25) is 9.79 Å². The Morgan fingerprint density at radius 1 is 1.06 bits per heavy atom. The average molecular weight is 472 g/mol. The second-order valence-electron chi connectivity index (χ2n) is 12.1. The Morgan fingerprint density at radius 3 is 2.42 bits per heavy atom. The molecular weight excluding hydrogens is 429 g/mol. The van der Waals surface area contributed by atoms with Crippen LogP contribution in [-0.4, -0.2) is 45.9 Å². The predicted molar refractivity (Wildman–Crippen MR) is 121 cm³/mol. The maximum absolute atomic E-state index is 12.0. The van der Waals surface area contributed by atoms with Crippen molar-refractivity contribution in [3.63, 3.8) is 0 Å². The Hall–Kier alpha value is -0.140. The van der Waals surface area contributed by atoms with Crippen LogP contribution in [0.1, 0.15) is 85.0 Å². The summed E-state index contributed by atoms with van der Waals surface area (Å²) in [4.78, 5) is 14.3. The largest absolute Gasteiger partial charge is 1.00 e. The molecule has 0 radical (unpaired) electrons. The number of aliphatic carboxylic acids is 1. The van der Waals surface area contributed by atoms with Crippen molar-refractivity contribution >= 4 is 11.9 Å². The predicted octanol–water partition coefficient (Wildman–Crippen LogP) is 0.241. The molecule has 0 amide bonds. The number of rotatable bonds is 6. The molecule has 0 saturated heterocycles. The number of fused-ring (bicyclic) bond motifs is 5. The Bertz CT molecular complexity index is 746. The topological polar surface area (TPSA) is 113 Å². The summed E-state index contributed by atoms with van der Waals surface area (Å²) in [5, 5.41) is 42.3. The SMILES string of the molecule is C[C@H](CCC([O-])=NCC(=O)O)[C@H]1CC[C@H]2[C@@H]3[C@H](O)C[C@@H]4C[C@H](O)CC[C@@]4(C)[C@H]3CC[C@@]12C.[Na+]. The van der Waals surface area contributed by atoms with Crippen LogP contribution in [0.25, 0.3) is 0 Å². The van der Waals surface area contributed by atoms with E-state index in [0.29, 0.717) is 41.9 Å². The van der Waals surface area contributed by atoms with E-state index in [0.717, 1.165) is 51.4 Å². The molecule has 10 atom stereocenters. The Morgan fingerprint density at radius 2 is 1.73 bits per heavy atom. The van der Waals surface area contributed by atoms with E-state index in [2.05, 4.69) is 25.8 Å². The average Bonchev–Trinajstić information content (AvgIpc) is 3.09. The van der Waals surface area contributed by atoms with Gasteiger partial charge in [0.15, 0.2) is 0 Å². The maximum atomic E-state index is 12.0. The molecule has 4 aliphatic rings. The first kappa shape index (κ1) is 27.4. The number of nitrogens with zero attached hydrogens (tertiary/aromatic N) is 1. The molecule has 0 aromatic heterocycles. The van der Waals surface area contributed by atoms with Crippen LogP contribution in [0.3, 0.4) is 0 Å². The van der Waals surface area contributed by atoms with Crippen LogP contribution in [-0.2, 0) is 4.79 Å². The van der Waals surface area contributed by atoms with E-state index in [-0.39, 0.29) is 58.5 Å². The monoisotopic (exact) mass is 471 g/mol. The van der Waals surface area contributed by atoms with Crippen LogP contribution in [0.4, 0.5) is 0 Å². The fourth-order valence-electron chi connectivity index (χ4n) is 8.96. The maximum Gasteiger partial charge on any atom is 1.00 e. The Labute approximate surface area is 220 Å². The molecule has 3 N–H and O–H groups in total. The first-order chi connectivity index (χ1) is 15.1. The Kier molecular flexibility index (Phi) is 8.70. The first-order valence-electron chi connectivity index (χ1n) is 12.8. The van der Waals surface area contributed by atoms with Gasteiger partial charge in [0, 0.05) is 0 Å². The summed E-state index contributed by atoms with van der Waals surface area (Å²) in [6.45, 7) is 6.68. The summed E-state index contributed by atoms with van der Waals surface area (Å²) in [6.07, 6.45) is 8.92. The van der Waals surface area contributed by atoms with Crippen LogP contribution in [0.2, 0.25) is 0 Å². The zero-order valence-electron chi connectivity index (χ0n) is 21.0. The van der Waals surface area contributed by atoms with E-state index in [9.17, 15) is 20.1 Å². The van der Waals surface area contributed by atoms with Gasteiger partial charge in [-0.25, -0.2) is 0 Å². The minimum atomic E-state index is -1.07. The van der Waals surface area contributed by atoms with Crippen LogP contribution in [0.5, 0.6) is 0 Å². The van der Waals surface area contributed by atoms with Gasteiger partial charge in [0.2, 0.25) is 0 Å².